The molecule has 0 aromatic rings. The Morgan fingerprint density at radius 3 is 2.39 bits per heavy atom. The highest BCUT2D eigenvalue weighted by Crippen LogP contribution is 2.43. The Balaban J connectivity index is 2.28. The molecule has 1 saturated carbocycles. The molecule has 0 radical (unpaired) electrons. The van der Waals surface area contributed by atoms with Crippen LogP contribution in [0.2, 0.25) is 0 Å². The summed E-state index contributed by atoms with van der Waals surface area (Å²) in [6.07, 6.45) is 2.38. The van der Waals surface area contributed by atoms with Crippen molar-refractivity contribution in [1.82, 2.24) is 4.90 Å². The molecule has 0 aromatic carbocycles. The average molecular weight is 327 g/mol. The zero-order valence-electron chi connectivity index (χ0n) is 14.5. The van der Waals surface area contributed by atoms with Gasteiger partial charge in [0, 0.05) is 6.04 Å². The number of aliphatic hydroxyl groups is 1. The molecular formula is C17H29NO5. The summed E-state index contributed by atoms with van der Waals surface area (Å²) in [6, 6.07) is -1.02. The second-order valence-electron chi connectivity index (χ2n) is 7.84. The lowest BCUT2D eigenvalue weighted by molar-refractivity contribution is -0.150. The predicted octanol–water partition coefficient (Wildman–Crippen LogP) is 2.64. The van der Waals surface area contributed by atoms with Gasteiger partial charge in [0.2, 0.25) is 0 Å². The fourth-order valence-electron chi connectivity index (χ4n) is 4.17. The number of aliphatic hydroxyl groups excluding tert-OH is 1. The summed E-state index contributed by atoms with van der Waals surface area (Å²) in [5, 5.41) is 19.5. The van der Waals surface area contributed by atoms with Crippen LogP contribution in [-0.4, -0.2) is 51.0 Å². The van der Waals surface area contributed by atoms with Crippen molar-refractivity contribution < 1.29 is 24.5 Å². The van der Waals surface area contributed by atoms with Gasteiger partial charge in [-0.1, -0.05) is 6.92 Å². The molecule has 2 rings (SSSR count). The van der Waals surface area contributed by atoms with E-state index in [4.69, 9.17) is 4.74 Å². The molecule has 1 unspecified atom stereocenters. The fraction of sp³-hybridized carbons (Fsp3) is 0.882. The summed E-state index contributed by atoms with van der Waals surface area (Å²) in [5.41, 5.74) is -0.655. The first-order chi connectivity index (χ1) is 10.6. The number of carboxylic acids is 1. The van der Waals surface area contributed by atoms with Gasteiger partial charge < -0.3 is 14.9 Å². The number of ether oxygens (including phenoxy) is 1. The molecule has 0 aromatic heterocycles. The Kier molecular flexibility index (Phi) is 5.23. The van der Waals surface area contributed by atoms with Gasteiger partial charge in [-0.25, -0.2) is 9.59 Å². The molecular weight excluding hydrogens is 298 g/mol. The maximum absolute atomic E-state index is 12.6. The number of fused-ring (bicyclic) bond motifs is 1. The van der Waals surface area contributed by atoms with Crippen LogP contribution in [0.5, 0.6) is 0 Å². The van der Waals surface area contributed by atoms with Crippen molar-refractivity contribution in [2.24, 2.45) is 11.8 Å². The van der Waals surface area contributed by atoms with E-state index in [1.54, 1.807) is 20.8 Å². The van der Waals surface area contributed by atoms with Crippen LogP contribution in [0.25, 0.3) is 0 Å². The van der Waals surface area contributed by atoms with E-state index in [0.717, 1.165) is 12.8 Å². The van der Waals surface area contributed by atoms with Crippen LogP contribution >= 0.6 is 0 Å². The fourth-order valence-corrected chi connectivity index (χ4v) is 4.17. The molecule has 1 amide bonds. The lowest BCUT2D eigenvalue weighted by atomic mass is 9.67. The van der Waals surface area contributed by atoms with E-state index in [1.807, 2.05) is 6.92 Å². The number of hydrogen-bond donors (Lipinski definition) is 2. The monoisotopic (exact) mass is 327 g/mol. The number of aliphatic carboxylic acids is 1. The number of rotatable bonds is 2. The van der Waals surface area contributed by atoms with Gasteiger partial charge in [0.15, 0.2) is 0 Å². The maximum Gasteiger partial charge on any atom is 0.411 e. The molecule has 2 aliphatic rings. The molecule has 2 N–H and O–H groups in total. The third-order valence-corrected chi connectivity index (χ3v) is 5.03. The van der Waals surface area contributed by atoms with E-state index in [1.165, 1.54) is 4.90 Å². The molecule has 6 heteroatoms. The molecule has 132 valence electrons. The predicted molar refractivity (Wildman–Crippen MR) is 85.0 cm³/mol. The quantitative estimate of drug-likeness (QED) is 0.814. The smallest absolute Gasteiger partial charge is 0.411 e. The Morgan fingerprint density at radius 1 is 1.22 bits per heavy atom. The van der Waals surface area contributed by atoms with E-state index in [2.05, 4.69) is 0 Å². The van der Waals surface area contributed by atoms with Gasteiger partial charge in [0.1, 0.15) is 11.6 Å². The number of carboxylic acid groups (broad SMARTS) is 1. The minimum atomic E-state index is -0.993. The number of carbonyl (C=O) groups excluding carboxylic acids is 1. The molecule has 1 saturated heterocycles. The number of amides is 1. The van der Waals surface area contributed by atoms with Gasteiger partial charge in [-0.3, -0.25) is 4.90 Å². The Morgan fingerprint density at radius 2 is 1.87 bits per heavy atom. The van der Waals surface area contributed by atoms with E-state index in [0.29, 0.717) is 19.3 Å². The molecule has 1 heterocycles. The lowest BCUT2D eigenvalue weighted by Gasteiger charge is -2.50. The van der Waals surface area contributed by atoms with Crippen LogP contribution in [0.15, 0.2) is 0 Å². The highest BCUT2D eigenvalue weighted by Gasteiger charge is 2.49. The molecule has 6 nitrogen and oxygen atoms in total. The van der Waals surface area contributed by atoms with Crippen molar-refractivity contribution in [3.05, 3.63) is 0 Å². The first kappa shape index (κ1) is 18.0. The standard InChI is InChI=1S/C17H29NO5/c1-5-13-12-7-6-11(19)8-10(12)9-14(15(20)21)18(13)16(22)23-17(2,3)4/h10-14,19H,5-9H2,1-4H3,(H,20,21)/t10-,11-,12-,13?,14+/m1/s1. The summed E-state index contributed by atoms with van der Waals surface area (Å²) >= 11 is 0. The Hall–Kier alpha value is -1.30. The van der Waals surface area contributed by atoms with Crippen LogP contribution in [-0.2, 0) is 9.53 Å². The highest BCUT2D eigenvalue weighted by molar-refractivity contribution is 5.80. The zero-order valence-corrected chi connectivity index (χ0v) is 14.5. The SMILES string of the molecule is CCC1[C@@H]2CC[C@@H](O)C[C@@H]2C[C@@H](C(=O)O)N1C(=O)OC(C)(C)C. The molecule has 1 aliphatic heterocycles. The Bertz CT molecular complexity index is 458. The summed E-state index contributed by atoms with van der Waals surface area (Å²) in [5.74, 6) is -0.595. The highest BCUT2D eigenvalue weighted by atomic mass is 16.6. The van der Waals surface area contributed by atoms with Gasteiger partial charge in [-0.2, -0.15) is 0 Å². The van der Waals surface area contributed by atoms with E-state index >= 15 is 0 Å². The van der Waals surface area contributed by atoms with Crippen LogP contribution < -0.4 is 0 Å². The number of carbonyl (C=O) groups is 2. The first-order valence-corrected chi connectivity index (χ1v) is 8.56. The van der Waals surface area contributed by atoms with Gasteiger partial charge in [0.05, 0.1) is 6.10 Å². The second kappa shape index (κ2) is 6.67. The zero-order chi connectivity index (χ0) is 17.4. The second-order valence-corrected chi connectivity index (χ2v) is 7.84. The summed E-state index contributed by atoms with van der Waals surface area (Å²) in [6.45, 7) is 7.33. The Labute approximate surface area is 137 Å². The number of likely N-dealkylation sites (tertiary alicyclic amines) is 1. The minimum Gasteiger partial charge on any atom is -0.480 e. The minimum absolute atomic E-state index is 0.141. The molecule has 0 bridgehead atoms. The van der Waals surface area contributed by atoms with E-state index in [-0.39, 0.29) is 24.0 Å². The van der Waals surface area contributed by atoms with Crippen molar-refractivity contribution >= 4 is 12.1 Å². The van der Waals surface area contributed by atoms with Crippen molar-refractivity contribution in [2.45, 2.75) is 83.6 Å². The molecule has 0 spiro atoms. The number of nitrogens with zero attached hydrogens (tertiary/aromatic N) is 1. The van der Waals surface area contributed by atoms with Crippen molar-refractivity contribution in [2.75, 3.05) is 0 Å². The van der Waals surface area contributed by atoms with Crippen LogP contribution in [0.4, 0.5) is 4.79 Å². The van der Waals surface area contributed by atoms with Crippen LogP contribution in [0.3, 0.4) is 0 Å². The summed E-state index contributed by atoms with van der Waals surface area (Å²) in [4.78, 5) is 25.8. The van der Waals surface area contributed by atoms with Gasteiger partial charge >= 0.3 is 12.1 Å². The van der Waals surface area contributed by atoms with Crippen molar-refractivity contribution in [1.29, 1.82) is 0 Å². The summed E-state index contributed by atoms with van der Waals surface area (Å²) in [7, 11) is 0. The van der Waals surface area contributed by atoms with E-state index < -0.39 is 23.7 Å². The number of piperidine rings is 1. The van der Waals surface area contributed by atoms with Gasteiger partial charge in [-0.05, 0) is 64.7 Å². The molecule has 2 fully saturated rings. The van der Waals surface area contributed by atoms with Gasteiger partial charge in [-0.15, -0.1) is 0 Å². The third-order valence-electron chi connectivity index (χ3n) is 5.03. The van der Waals surface area contributed by atoms with Crippen molar-refractivity contribution in [3.63, 3.8) is 0 Å². The molecule has 1 aliphatic carbocycles. The first-order valence-electron chi connectivity index (χ1n) is 8.56. The molecule has 23 heavy (non-hydrogen) atoms. The lowest BCUT2D eigenvalue weighted by Crippen LogP contribution is -2.61. The van der Waals surface area contributed by atoms with Crippen LogP contribution in [0.1, 0.15) is 59.8 Å². The summed E-state index contributed by atoms with van der Waals surface area (Å²) < 4.78 is 5.46. The third kappa shape index (κ3) is 3.97. The molecule has 5 atom stereocenters. The van der Waals surface area contributed by atoms with Gasteiger partial charge in [0.25, 0.3) is 0 Å². The largest absolute Gasteiger partial charge is 0.480 e. The van der Waals surface area contributed by atoms with Crippen molar-refractivity contribution in [3.8, 4) is 0 Å². The van der Waals surface area contributed by atoms with E-state index in [9.17, 15) is 19.8 Å². The number of hydrogen-bond acceptors (Lipinski definition) is 4. The normalized spacial score (nSPS) is 34.7. The topological polar surface area (TPSA) is 87.1 Å². The maximum atomic E-state index is 12.6. The average Bonchev–Trinajstić information content (AvgIpc) is 2.42. The van der Waals surface area contributed by atoms with Crippen LogP contribution in [0, 0.1) is 11.8 Å².